The number of nitrogens with one attached hydrogen (secondary N) is 1. The zero-order valence-electron chi connectivity index (χ0n) is 12.3. The van der Waals surface area contributed by atoms with E-state index in [4.69, 9.17) is 5.11 Å². The molecule has 1 aromatic carbocycles. The Hall–Kier alpha value is -0.650. The fraction of sp³-hybridized carbons (Fsp3) is 0.625. The van der Waals surface area contributed by atoms with Crippen molar-refractivity contribution in [2.45, 2.75) is 55.3 Å². The van der Waals surface area contributed by atoms with E-state index in [0.29, 0.717) is 35.2 Å². The quantitative estimate of drug-likeness (QED) is 0.772. The minimum absolute atomic E-state index is 0.214. The van der Waals surface area contributed by atoms with E-state index in [1.54, 1.807) is 12.1 Å². The molecule has 0 radical (unpaired) electrons. The Morgan fingerprint density at radius 2 is 1.81 bits per heavy atom. The molecule has 0 heterocycles. The molecule has 1 aromatic rings. The Morgan fingerprint density at radius 3 is 2.33 bits per heavy atom. The van der Waals surface area contributed by atoms with Gasteiger partial charge in [-0.2, -0.15) is 8.78 Å². The van der Waals surface area contributed by atoms with Crippen molar-refractivity contribution in [1.82, 2.24) is 5.32 Å². The molecule has 2 nitrogen and oxygen atoms in total. The first-order valence-electron chi connectivity index (χ1n) is 7.50. The molecule has 1 atom stereocenters. The zero-order valence-corrected chi connectivity index (χ0v) is 13.1. The second kappa shape index (κ2) is 8.11. The van der Waals surface area contributed by atoms with Gasteiger partial charge in [0.25, 0.3) is 5.76 Å². The summed E-state index contributed by atoms with van der Waals surface area (Å²) in [4.78, 5) is 0.601. The highest BCUT2D eigenvalue weighted by molar-refractivity contribution is 7.99. The first-order valence-corrected chi connectivity index (χ1v) is 8.38. The predicted molar refractivity (Wildman–Crippen MR) is 82.7 cm³/mol. The summed E-state index contributed by atoms with van der Waals surface area (Å²) in [6.45, 7) is 2.40. The average Bonchev–Trinajstić information content (AvgIpc) is 2.48. The first kappa shape index (κ1) is 16.7. The maximum Gasteiger partial charge on any atom is 0.288 e. The van der Waals surface area contributed by atoms with Gasteiger partial charge in [0, 0.05) is 23.6 Å². The fourth-order valence-corrected chi connectivity index (χ4v) is 3.40. The van der Waals surface area contributed by atoms with E-state index in [1.165, 1.54) is 0 Å². The van der Waals surface area contributed by atoms with Gasteiger partial charge < -0.3 is 10.4 Å². The molecule has 2 rings (SSSR count). The van der Waals surface area contributed by atoms with E-state index in [0.717, 1.165) is 31.2 Å². The molecule has 21 heavy (non-hydrogen) atoms. The van der Waals surface area contributed by atoms with Gasteiger partial charge in [-0.25, -0.2) is 0 Å². The topological polar surface area (TPSA) is 32.3 Å². The van der Waals surface area contributed by atoms with Crippen molar-refractivity contribution in [2.24, 2.45) is 5.92 Å². The maximum atomic E-state index is 12.3. The van der Waals surface area contributed by atoms with Crippen molar-refractivity contribution in [3.8, 4) is 0 Å². The lowest BCUT2D eigenvalue weighted by Gasteiger charge is -2.30. The summed E-state index contributed by atoms with van der Waals surface area (Å²) in [6, 6.07) is 8.05. The van der Waals surface area contributed by atoms with Crippen LogP contribution >= 0.6 is 11.8 Å². The summed E-state index contributed by atoms with van der Waals surface area (Å²) in [5, 5.41) is 12.8. The Bertz CT molecular complexity index is 419. The molecule has 118 valence electrons. The van der Waals surface area contributed by atoms with Crippen molar-refractivity contribution >= 4 is 11.8 Å². The van der Waals surface area contributed by atoms with E-state index in [1.807, 2.05) is 12.1 Å². The lowest BCUT2D eigenvalue weighted by Crippen LogP contribution is -2.35. The van der Waals surface area contributed by atoms with Crippen LogP contribution in [0.1, 0.15) is 44.2 Å². The molecule has 0 amide bonds. The molecule has 1 unspecified atom stereocenters. The van der Waals surface area contributed by atoms with Crippen LogP contribution < -0.4 is 5.32 Å². The number of alkyl halides is 2. The Morgan fingerprint density at radius 1 is 1.19 bits per heavy atom. The summed E-state index contributed by atoms with van der Waals surface area (Å²) in [5.74, 6) is -1.91. The van der Waals surface area contributed by atoms with Gasteiger partial charge in [-0.3, -0.25) is 0 Å². The summed E-state index contributed by atoms with van der Waals surface area (Å²) in [7, 11) is 0. The largest absolute Gasteiger partial charge is 0.396 e. The van der Waals surface area contributed by atoms with Crippen LogP contribution in [0, 0.1) is 5.92 Å². The van der Waals surface area contributed by atoms with Crippen LogP contribution in [-0.2, 0) is 0 Å². The zero-order chi connectivity index (χ0) is 15.2. The molecule has 1 fully saturated rings. The van der Waals surface area contributed by atoms with E-state index in [-0.39, 0.29) is 6.04 Å². The van der Waals surface area contributed by atoms with Crippen LogP contribution in [0.4, 0.5) is 8.78 Å². The molecular weight excluding hydrogens is 292 g/mol. The second-order valence-corrected chi connectivity index (χ2v) is 6.80. The third-order valence-electron chi connectivity index (χ3n) is 4.20. The molecule has 5 heteroatoms. The van der Waals surface area contributed by atoms with Gasteiger partial charge in [-0.05, 0) is 56.2 Å². The van der Waals surface area contributed by atoms with E-state index in [2.05, 4.69) is 12.2 Å². The molecule has 0 saturated heterocycles. The number of aliphatic hydroxyl groups is 1. The van der Waals surface area contributed by atoms with E-state index >= 15 is 0 Å². The SMILES string of the molecule is CC(NC1CCC(CO)CC1)c1ccc(SC(F)F)cc1. The molecule has 1 saturated carbocycles. The van der Waals surface area contributed by atoms with Crippen LogP contribution in [0.15, 0.2) is 29.2 Å². The monoisotopic (exact) mass is 315 g/mol. The van der Waals surface area contributed by atoms with Crippen LogP contribution in [0.3, 0.4) is 0 Å². The van der Waals surface area contributed by atoms with Crippen molar-refractivity contribution < 1.29 is 13.9 Å². The van der Waals surface area contributed by atoms with E-state index in [9.17, 15) is 8.78 Å². The summed E-state index contributed by atoms with van der Waals surface area (Å²) in [6.07, 6.45) is 4.33. The van der Waals surface area contributed by atoms with Crippen LogP contribution in [0.25, 0.3) is 0 Å². The van der Waals surface area contributed by atoms with Gasteiger partial charge in [0.05, 0.1) is 0 Å². The lowest BCUT2D eigenvalue weighted by molar-refractivity contribution is 0.172. The number of hydrogen-bond donors (Lipinski definition) is 2. The van der Waals surface area contributed by atoms with Crippen molar-refractivity contribution in [2.75, 3.05) is 6.61 Å². The van der Waals surface area contributed by atoms with Gasteiger partial charge in [-0.1, -0.05) is 23.9 Å². The highest BCUT2D eigenvalue weighted by Gasteiger charge is 2.21. The third kappa shape index (κ3) is 5.24. The van der Waals surface area contributed by atoms with E-state index < -0.39 is 5.76 Å². The number of hydrogen-bond acceptors (Lipinski definition) is 3. The number of halogens is 2. The van der Waals surface area contributed by atoms with Crippen LogP contribution in [0.2, 0.25) is 0 Å². The van der Waals surface area contributed by atoms with Crippen molar-refractivity contribution in [1.29, 1.82) is 0 Å². The van der Waals surface area contributed by atoms with Gasteiger partial charge in [0.1, 0.15) is 0 Å². The second-order valence-electron chi connectivity index (χ2n) is 5.74. The molecule has 0 aromatic heterocycles. The third-order valence-corrected chi connectivity index (χ3v) is 4.92. The number of thioether (sulfide) groups is 1. The highest BCUT2D eigenvalue weighted by Crippen LogP contribution is 2.28. The Balaban J connectivity index is 1.84. The molecule has 1 aliphatic carbocycles. The number of benzene rings is 1. The van der Waals surface area contributed by atoms with Gasteiger partial charge in [-0.15, -0.1) is 0 Å². The van der Waals surface area contributed by atoms with Gasteiger partial charge in [0.2, 0.25) is 0 Å². The van der Waals surface area contributed by atoms with Crippen molar-refractivity contribution in [3.63, 3.8) is 0 Å². The van der Waals surface area contributed by atoms with Crippen molar-refractivity contribution in [3.05, 3.63) is 29.8 Å². The average molecular weight is 315 g/mol. The fourth-order valence-electron chi connectivity index (χ4n) is 2.90. The summed E-state index contributed by atoms with van der Waals surface area (Å²) < 4.78 is 24.6. The molecule has 0 aliphatic heterocycles. The molecule has 2 N–H and O–H groups in total. The number of aliphatic hydroxyl groups excluding tert-OH is 1. The first-order chi connectivity index (χ1) is 10.1. The summed E-state index contributed by atoms with van der Waals surface area (Å²) in [5.41, 5.74) is 1.12. The Kier molecular flexibility index (Phi) is 6.45. The predicted octanol–water partition coefficient (Wildman–Crippen LogP) is 4.20. The maximum absolute atomic E-state index is 12.3. The highest BCUT2D eigenvalue weighted by atomic mass is 32.2. The molecule has 1 aliphatic rings. The van der Waals surface area contributed by atoms with Gasteiger partial charge >= 0.3 is 0 Å². The lowest BCUT2D eigenvalue weighted by atomic mass is 9.86. The molecular formula is C16H23F2NOS. The molecule has 0 spiro atoms. The van der Waals surface area contributed by atoms with Crippen LogP contribution in [0.5, 0.6) is 0 Å². The standard InChI is InChI=1S/C16H23F2NOS/c1-11(19-14-6-2-12(10-20)3-7-14)13-4-8-15(9-5-13)21-16(17)18/h4-5,8-9,11-12,14,16,19-20H,2-3,6-7,10H2,1H3. The minimum Gasteiger partial charge on any atom is -0.396 e. The van der Waals surface area contributed by atoms with Gasteiger partial charge in [0.15, 0.2) is 0 Å². The molecule has 0 bridgehead atoms. The van der Waals surface area contributed by atoms with Crippen LogP contribution in [-0.4, -0.2) is 23.5 Å². The normalized spacial score (nSPS) is 24.2. The summed E-state index contributed by atoms with van der Waals surface area (Å²) >= 11 is 0.580. The Labute approximate surface area is 129 Å². The minimum atomic E-state index is -2.37. The smallest absolute Gasteiger partial charge is 0.288 e. The number of rotatable bonds is 6.